The Bertz CT molecular complexity index is 355. The predicted octanol–water partition coefficient (Wildman–Crippen LogP) is 2.38. The maximum atomic E-state index is 11.7. The Balaban J connectivity index is 2.71. The van der Waals surface area contributed by atoms with Gasteiger partial charge in [0.05, 0.1) is 5.56 Å². The van der Waals surface area contributed by atoms with Crippen LogP contribution in [0, 0.1) is 0 Å². The van der Waals surface area contributed by atoms with E-state index in [4.69, 9.17) is 0 Å². The summed E-state index contributed by atoms with van der Waals surface area (Å²) < 4.78 is 0. The third-order valence-corrected chi connectivity index (χ3v) is 2.75. The minimum atomic E-state index is -0.0217. The normalized spacial score (nSPS) is 10.4. The van der Waals surface area contributed by atoms with Crippen molar-refractivity contribution in [3.8, 4) is 0 Å². The highest BCUT2D eigenvalue weighted by Crippen LogP contribution is 2.10. The van der Waals surface area contributed by atoms with Crippen LogP contribution in [-0.4, -0.2) is 35.9 Å². The van der Waals surface area contributed by atoms with Crippen molar-refractivity contribution in [1.82, 2.24) is 9.88 Å². The molecule has 0 saturated heterocycles. The van der Waals surface area contributed by atoms with E-state index in [1.807, 2.05) is 6.07 Å². The van der Waals surface area contributed by atoms with Crippen LogP contribution < -0.4 is 5.32 Å². The molecule has 0 aliphatic rings. The van der Waals surface area contributed by atoms with Gasteiger partial charge in [-0.1, -0.05) is 13.8 Å². The Hall–Kier alpha value is -1.58. The number of hydrogen-bond acceptors (Lipinski definition) is 3. The summed E-state index contributed by atoms with van der Waals surface area (Å²) in [6.45, 7) is 4.29. The molecule has 4 nitrogen and oxygen atoms in total. The van der Waals surface area contributed by atoms with Gasteiger partial charge in [0.2, 0.25) is 0 Å². The fraction of sp³-hybridized carbons (Fsp3) is 0.538. The molecule has 1 aromatic rings. The first-order valence-electron chi connectivity index (χ1n) is 6.02. The van der Waals surface area contributed by atoms with Crippen LogP contribution in [0.4, 0.5) is 5.82 Å². The number of carbonyl (C=O) groups excluding carboxylic acids is 1. The molecule has 0 unspecified atom stereocenters. The average Bonchev–Trinajstić information content (AvgIpc) is 2.35. The summed E-state index contributed by atoms with van der Waals surface area (Å²) in [6.07, 6.45) is 3.75. The van der Waals surface area contributed by atoms with Crippen molar-refractivity contribution in [1.29, 1.82) is 0 Å². The quantitative estimate of drug-likeness (QED) is 0.852. The molecule has 94 valence electrons. The van der Waals surface area contributed by atoms with Gasteiger partial charge < -0.3 is 10.2 Å². The second-order valence-electron chi connectivity index (χ2n) is 4.29. The molecule has 0 aliphatic heterocycles. The molecule has 1 heterocycles. The second-order valence-corrected chi connectivity index (χ2v) is 4.29. The zero-order valence-corrected chi connectivity index (χ0v) is 11.0. The van der Waals surface area contributed by atoms with Crippen LogP contribution in [0.25, 0.3) is 0 Å². The SMILES string of the molecule is CCC(CC)Nc1ccc(C(=O)N(C)C)cn1. The summed E-state index contributed by atoms with van der Waals surface area (Å²) >= 11 is 0. The number of aromatic nitrogens is 1. The van der Waals surface area contributed by atoms with E-state index in [-0.39, 0.29) is 5.91 Å². The molecule has 4 heteroatoms. The van der Waals surface area contributed by atoms with E-state index in [1.54, 1.807) is 31.3 Å². The van der Waals surface area contributed by atoms with E-state index in [0.717, 1.165) is 18.7 Å². The molecule has 0 saturated carbocycles. The molecular weight excluding hydrogens is 214 g/mol. The monoisotopic (exact) mass is 235 g/mol. The fourth-order valence-electron chi connectivity index (χ4n) is 1.57. The van der Waals surface area contributed by atoms with Gasteiger partial charge in [-0.3, -0.25) is 4.79 Å². The summed E-state index contributed by atoms with van der Waals surface area (Å²) in [5.41, 5.74) is 0.616. The van der Waals surface area contributed by atoms with Gasteiger partial charge in [-0.25, -0.2) is 4.98 Å². The van der Waals surface area contributed by atoms with Gasteiger partial charge in [0.1, 0.15) is 5.82 Å². The number of rotatable bonds is 5. The Labute approximate surface area is 103 Å². The largest absolute Gasteiger partial charge is 0.367 e. The third kappa shape index (κ3) is 3.73. The van der Waals surface area contributed by atoms with Gasteiger partial charge in [0.25, 0.3) is 5.91 Å². The zero-order valence-electron chi connectivity index (χ0n) is 11.0. The molecule has 0 atom stereocenters. The fourth-order valence-corrected chi connectivity index (χ4v) is 1.57. The van der Waals surface area contributed by atoms with E-state index in [1.165, 1.54) is 0 Å². The van der Waals surface area contributed by atoms with E-state index in [2.05, 4.69) is 24.1 Å². The van der Waals surface area contributed by atoms with E-state index >= 15 is 0 Å². The van der Waals surface area contributed by atoms with E-state index in [0.29, 0.717) is 11.6 Å². The highest BCUT2D eigenvalue weighted by molar-refractivity contribution is 5.93. The van der Waals surface area contributed by atoms with Crippen LogP contribution in [0.1, 0.15) is 37.0 Å². The van der Waals surface area contributed by atoms with E-state index < -0.39 is 0 Å². The Morgan fingerprint density at radius 3 is 2.41 bits per heavy atom. The summed E-state index contributed by atoms with van der Waals surface area (Å²) in [5, 5.41) is 3.34. The first kappa shape index (κ1) is 13.5. The first-order chi connectivity index (χ1) is 8.08. The molecule has 0 aromatic carbocycles. The molecule has 0 spiro atoms. The molecule has 1 amide bonds. The molecule has 1 aromatic heterocycles. The van der Waals surface area contributed by atoms with Crippen molar-refractivity contribution in [2.24, 2.45) is 0 Å². The predicted molar refractivity (Wildman–Crippen MR) is 70.2 cm³/mol. The van der Waals surface area contributed by atoms with Crippen LogP contribution in [0.15, 0.2) is 18.3 Å². The lowest BCUT2D eigenvalue weighted by atomic mass is 10.2. The minimum Gasteiger partial charge on any atom is -0.367 e. The van der Waals surface area contributed by atoms with Crippen molar-refractivity contribution in [2.45, 2.75) is 32.7 Å². The summed E-state index contributed by atoms with van der Waals surface area (Å²) in [6, 6.07) is 4.10. The van der Waals surface area contributed by atoms with Gasteiger partial charge in [0, 0.05) is 26.3 Å². The lowest BCUT2D eigenvalue weighted by molar-refractivity contribution is 0.0827. The van der Waals surface area contributed by atoms with Crippen molar-refractivity contribution in [3.05, 3.63) is 23.9 Å². The lowest BCUT2D eigenvalue weighted by Gasteiger charge is -2.15. The highest BCUT2D eigenvalue weighted by Gasteiger charge is 2.09. The standard InChI is InChI=1S/C13H21N3O/c1-5-11(6-2)15-12-8-7-10(9-14-12)13(17)16(3)4/h7-9,11H,5-6H2,1-4H3,(H,14,15). The van der Waals surface area contributed by atoms with Crippen LogP contribution in [0.3, 0.4) is 0 Å². The number of nitrogens with zero attached hydrogens (tertiary/aromatic N) is 2. The molecule has 0 bridgehead atoms. The van der Waals surface area contributed by atoms with Crippen LogP contribution in [-0.2, 0) is 0 Å². The molecule has 1 rings (SSSR count). The first-order valence-corrected chi connectivity index (χ1v) is 6.02. The maximum Gasteiger partial charge on any atom is 0.254 e. The van der Waals surface area contributed by atoms with Crippen LogP contribution >= 0.6 is 0 Å². The van der Waals surface area contributed by atoms with Gasteiger partial charge in [-0.05, 0) is 25.0 Å². The minimum absolute atomic E-state index is 0.0217. The average molecular weight is 235 g/mol. The number of carbonyl (C=O) groups is 1. The molecule has 0 fully saturated rings. The van der Waals surface area contributed by atoms with Gasteiger partial charge >= 0.3 is 0 Å². The summed E-state index contributed by atoms with van der Waals surface area (Å²) in [5.74, 6) is 0.806. The lowest BCUT2D eigenvalue weighted by Crippen LogP contribution is -2.22. The summed E-state index contributed by atoms with van der Waals surface area (Å²) in [7, 11) is 3.47. The smallest absolute Gasteiger partial charge is 0.254 e. The Kier molecular flexibility index (Phi) is 4.94. The Morgan fingerprint density at radius 2 is 2.00 bits per heavy atom. The molecule has 1 N–H and O–H groups in total. The molecule has 0 aliphatic carbocycles. The Morgan fingerprint density at radius 1 is 1.35 bits per heavy atom. The van der Waals surface area contributed by atoms with Crippen molar-refractivity contribution in [3.63, 3.8) is 0 Å². The summed E-state index contributed by atoms with van der Waals surface area (Å²) in [4.78, 5) is 17.5. The number of anilines is 1. The van der Waals surface area contributed by atoms with Gasteiger partial charge in [-0.2, -0.15) is 0 Å². The topological polar surface area (TPSA) is 45.2 Å². The molecule has 0 radical (unpaired) electrons. The number of hydrogen-bond donors (Lipinski definition) is 1. The molecule has 17 heavy (non-hydrogen) atoms. The van der Waals surface area contributed by atoms with Crippen molar-refractivity contribution in [2.75, 3.05) is 19.4 Å². The third-order valence-electron chi connectivity index (χ3n) is 2.75. The van der Waals surface area contributed by atoms with Crippen molar-refractivity contribution >= 4 is 11.7 Å². The van der Waals surface area contributed by atoms with Crippen LogP contribution in [0.2, 0.25) is 0 Å². The number of pyridine rings is 1. The molecular formula is C13H21N3O. The number of nitrogens with one attached hydrogen (secondary N) is 1. The maximum absolute atomic E-state index is 11.7. The van der Waals surface area contributed by atoms with Gasteiger partial charge in [0.15, 0.2) is 0 Å². The second kappa shape index (κ2) is 6.23. The van der Waals surface area contributed by atoms with Crippen LogP contribution in [0.5, 0.6) is 0 Å². The highest BCUT2D eigenvalue weighted by atomic mass is 16.2. The zero-order chi connectivity index (χ0) is 12.8. The van der Waals surface area contributed by atoms with Crippen molar-refractivity contribution < 1.29 is 4.79 Å². The van der Waals surface area contributed by atoms with E-state index in [9.17, 15) is 4.79 Å². The number of amides is 1. The van der Waals surface area contributed by atoms with Gasteiger partial charge in [-0.15, -0.1) is 0 Å².